The van der Waals surface area contributed by atoms with E-state index in [9.17, 15) is 14.4 Å². The fourth-order valence-corrected chi connectivity index (χ4v) is 3.38. The molecule has 8 heteroatoms. The highest BCUT2D eigenvalue weighted by Gasteiger charge is 2.28. The smallest absolute Gasteiger partial charge is 0.356 e. The molecule has 2 heterocycles. The van der Waals surface area contributed by atoms with Crippen LogP contribution in [0.15, 0.2) is 36.5 Å². The number of carboxylic acids is 1. The number of amides is 2. The van der Waals surface area contributed by atoms with Gasteiger partial charge in [0.25, 0.3) is 0 Å². The van der Waals surface area contributed by atoms with Gasteiger partial charge in [0.1, 0.15) is 0 Å². The summed E-state index contributed by atoms with van der Waals surface area (Å²) in [4.78, 5) is 37.8. The molecule has 28 heavy (non-hydrogen) atoms. The summed E-state index contributed by atoms with van der Waals surface area (Å²) in [6.45, 7) is 3.09. The number of aromatic nitrogens is 2. The van der Waals surface area contributed by atoms with E-state index in [1.807, 2.05) is 6.92 Å². The molecule has 1 atom stereocenters. The molecule has 1 fully saturated rings. The molecule has 1 aromatic carbocycles. The summed E-state index contributed by atoms with van der Waals surface area (Å²) in [6, 6.07) is 8.49. The summed E-state index contributed by atoms with van der Waals surface area (Å²) in [5, 5.41) is 16.0. The fourth-order valence-electron chi connectivity index (χ4n) is 3.38. The van der Waals surface area contributed by atoms with Gasteiger partial charge in [-0.3, -0.25) is 9.59 Å². The highest BCUT2D eigenvalue weighted by atomic mass is 16.4. The monoisotopic (exact) mass is 384 g/mol. The van der Waals surface area contributed by atoms with Gasteiger partial charge >= 0.3 is 5.97 Å². The summed E-state index contributed by atoms with van der Waals surface area (Å²) >= 11 is 0. The minimum Gasteiger partial charge on any atom is -0.476 e. The number of piperidine rings is 1. The van der Waals surface area contributed by atoms with Gasteiger partial charge in [-0.25, -0.2) is 9.48 Å². The Labute approximate surface area is 163 Å². The van der Waals surface area contributed by atoms with Crippen LogP contribution in [0, 0.1) is 5.92 Å². The maximum atomic E-state index is 12.8. The second-order valence-electron chi connectivity index (χ2n) is 6.89. The Morgan fingerprint density at radius 1 is 1.25 bits per heavy atom. The van der Waals surface area contributed by atoms with Crippen molar-refractivity contribution >= 4 is 23.5 Å². The van der Waals surface area contributed by atoms with Crippen molar-refractivity contribution in [2.45, 2.75) is 32.6 Å². The molecule has 148 valence electrons. The number of hydrogen-bond acceptors (Lipinski definition) is 4. The molecule has 0 radical (unpaired) electrons. The van der Waals surface area contributed by atoms with Gasteiger partial charge in [-0.05, 0) is 37.5 Å². The summed E-state index contributed by atoms with van der Waals surface area (Å²) in [6.07, 6.45) is 4.37. The number of benzene rings is 1. The highest BCUT2D eigenvalue weighted by molar-refractivity contribution is 5.95. The lowest BCUT2D eigenvalue weighted by Crippen LogP contribution is -2.43. The molecule has 1 aromatic heterocycles. The second kappa shape index (κ2) is 8.69. The van der Waals surface area contributed by atoms with E-state index in [1.54, 1.807) is 35.4 Å². The molecule has 2 aromatic rings. The van der Waals surface area contributed by atoms with Crippen LogP contribution >= 0.6 is 0 Å². The highest BCUT2D eigenvalue weighted by Crippen LogP contribution is 2.23. The first kappa shape index (κ1) is 19.6. The van der Waals surface area contributed by atoms with Gasteiger partial charge in [0.2, 0.25) is 11.8 Å². The van der Waals surface area contributed by atoms with E-state index in [4.69, 9.17) is 5.11 Å². The molecule has 1 aliphatic heterocycles. The van der Waals surface area contributed by atoms with Crippen LogP contribution in [-0.4, -0.2) is 50.7 Å². The third kappa shape index (κ3) is 4.39. The topological polar surface area (TPSA) is 105 Å². The molecular weight excluding hydrogens is 360 g/mol. The fraction of sp³-hybridized carbons (Fsp3) is 0.400. The zero-order chi connectivity index (χ0) is 20.1. The molecule has 1 unspecified atom stereocenters. The van der Waals surface area contributed by atoms with Crippen molar-refractivity contribution in [3.63, 3.8) is 0 Å². The Bertz CT molecular complexity index is 877. The van der Waals surface area contributed by atoms with Crippen molar-refractivity contribution in [3.8, 4) is 5.69 Å². The van der Waals surface area contributed by atoms with Gasteiger partial charge in [0, 0.05) is 25.7 Å². The number of hydrogen-bond donors (Lipinski definition) is 2. The van der Waals surface area contributed by atoms with Crippen LogP contribution in [0.5, 0.6) is 0 Å². The molecular formula is C20H24N4O4. The average molecular weight is 384 g/mol. The maximum absolute atomic E-state index is 12.8. The maximum Gasteiger partial charge on any atom is 0.356 e. The van der Waals surface area contributed by atoms with Crippen molar-refractivity contribution in [2.24, 2.45) is 5.92 Å². The van der Waals surface area contributed by atoms with Gasteiger partial charge < -0.3 is 15.3 Å². The number of nitrogens with one attached hydrogen (secondary N) is 1. The average Bonchev–Trinajstić information content (AvgIpc) is 3.19. The molecule has 3 rings (SSSR count). The Kier molecular flexibility index (Phi) is 6.08. The Balaban J connectivity index is 1.74. The normalized spacial score (nSPS) is 16.6. The molecule has 1 saturated heterocycles. The number of anilines is 1. The molecule has 0 spiro atoms. The first-order chi connectivity index (χ1) is 13.5. The van der Waals surface area contributed by atoms with Crippen LogP contribution < -0.4 is 5.32 Å². The van der Waals surface area contributed by atoms with Crippen molar-refractivity contribution in [1.29, 1.82) is 0 Å². The summed E-state index contributed by atoms with van der Waals surface area (Å²) < 4.78 is 1.43. The molecule has 0 bridgehead atoms. The van der Waals surface area contributed by atoms with Crippen molar-refractivity contribution in [3.05, 3.63) is 42.2 Å². The first-order valence-electron chi connectivity index (χ1n) is 9.46. The first-order valence-corrected chi connectivity index (χ1v) is 9.46. The quantitative estimate of drug-likeness (QED) is 0.796. The number of carbonyl (C=O) groups is 3. The third-order valence-corrected chi connectivity index (χ3v) is 4.83. The van der Waals surface area contributed by atoms with Gasteiger partial charge in [-0.15, -0.1) is 0 Å². The Morgan fingerprint density at radius 2 is 2.04 bits per heavy atom. The van der Waals surface area contributed by atoms with Gasteiger partial charge in [-0.2, -0.15) is 5.10 Å². The van der Waals surface area contributed by atoms with Gasteiger partial charge in [0.15, 0.2) is 5.69 Å². The summed E-state index contributed by atoms with van der Waals surface area (Å²) in [7, 11) is 0. The molecule has 8 nitrogen and oxygen atoms in total. The Morgan fingerprint density at radius 3 is 2.75 bits per heavy atom. The predicted octanol–water partition coefficient (Wildman–Crippen LogP) is 2.55. The SMILES string of the molecule is CCCC(=O)N1CCCC(C(=O)Nc2ccccc2-n2ccc(C(=O)O)n2)C1. The lowest BCUT2D eigenvalue weighted by atomic mass is 9.96. The van der Waals surface area contributed by atoms with E-state index < -0.39 is 5.97 Å². The number of aromatic carboxylic acids is 1. The molecule has 0 aliphatic carbocycles. The third-order valence-electron chi connectivity index (χ3n) is 4.83. The number of carbonyl (C=O) groups excluding carboxylic acids is 2. The zero-order valence-corrected chi connectivity index (χ0v) is 15.8. The van der Waals surface area contributed by atoms with Crippen LogP contribution in [-0.2, 0) is 9.59 Å². The lowest BCUT2D eigenvalue weighted by Gasteiger charge is -2.32. The molecule has 2 N–H and O–H groups in total. The molecule has 0 saturated carbocycles. The minimum absolute atomic E-state index is 0.0708. The van der Waals surface area contributed by atoms with E-state index in [-0.39, 0.29) is 23.4 Å². The van der Waals surface area contributed by atoms with Crippen LogP contribution in [0.3, 0.4) is 0 Å². The van der Waals surface area contributed by atoms with Gasteiger partial charge in [-0.1, -0.05) is 19.1 Å². The number of para-hydroxylation sites is 2. The molecule has 1 aliphatic rings. The zero-order valence-electron chi connectivity index (χ0n) is 15.8. The summed E-state index contributed by atoms with van der Waals surface area (Å²) in [5.41, 5.74) is 1.06. The van der Waals surface area contributed by atoms with E-state index in [2.05, 4.69) is 10.4 Å². The van der Waals surface area contributed by atoms with Crippen LogP contribution in [0.25, 0.3) is 5.69 Å². The van der Waals surface area contributed by atoms with E-state index >= 15 is 0 Å². The van der Waals surface area contributed by atoms with Crippen LogP contribution in [0.2, 0.25) is 0 Å². The van der Waals surface area contributed by atoms with Crippen molar-refractivity contribution < 1.29 is 19.5 Å². The number of carboxylic acid groups (broad SMARTS) is 1. The van der Waals surface area contributed by atoms with Crippen molar-refractivity contribution in [1.82, 2.24) is 14.7 Å². The number of likely N-dealkylation sites (tertiary alicyclic amines) is 1. The van der Waals surface area contributed by atoms with E-state index in [0.717, 1.165) is 19.3 Å². The minimum atomic E-state index is -1.11. The van der Waals surface area contributed by atoms with Crippen molar-refractivity contribution in [2.75, 3.05) is 18.4 Å². The van der Waals surface area contributed by atoms with Crippen LogP contribution in [0.1, 0.15) is 43.1 Å². The predicted molar refractivity (Wildman–Crippen MR) is 103 cm³/mol. The Hall–Kier alpha value is -3.16. The standard InChI is InChI=1S/C20H24N4O4/c1-2-6-18(25)23-11-5-7-14(13-23)19(26)21-15-8-3-4-9-17(15)24-12-10-16(22-24)20(27)28/h3-4,8-10,12,14H,2,5-7,11,13H2,1H3,(H,21,26)(H,27,28). The van der Waals surface area contributed by atoms with E-state index in [0.29, 0.717) is 30.9 Å². The number of nitrogens with zero attached hydrogens (tertiary/aromatic N) is 3. The van der Waals surface area contributed by atoms with E-state index in [1.165, 1.54) is 10.7 Å². The second-order valence-corrected chi connectivity index (χ2v) is 6.89. The molecule has 2 amide bonds. The largest absolute Gasteiger partial charge is 0.476 e. The lowest BCUT2D eigenvalue weighted by molar-refractivity contribution is -0.134. The number of rotatable bonds is 6. The van der Waals surface area contributed by atoms with Crippen LogP contribution in [0.4, 0.5) is 5.69 Å². The summed E-state index contributed by atoms with van der Waals surface area (Å²) in [5.74, 6) is -1.43. The van der Waals surface area contributed by atoms with Gasteiger partial charge in [0.05, 0.1) is 17.3 Å².